The molecule has 2 aliphatic heterocycles. The minimum atomic E-state index is -3.71. The van der Waals surface area contributed by atoms with Crippen molar-refractivity contribution in [3.8, 4) is 0 Å². The molecular formula is C25H33N5O5S2. The molecule has 1 amide bonds. The molecule has 3 fully saturated rings. The summed E-state index contributed by atoms with van der Waals surface area (Å²) in [6.45, 7) is 2.30. The Bertz CT molecular complexity index is 1390. The fraction of sp³-hybridized carbons (Fsp3) is 0.480. The van der Waals surface area contributed by atoms with Crippen molar-refractivity contribution < 1.29 is 22.5 Å². The zero-order chi connectivity index (χ0) is 26.3. The van der Waals surface area contributed by atoms with Crippen LogP contribution < -0.4 is 14.9 Å². The van der Waals surface area contributed by atoms with E-state index in [1.54, 1.807) is 40.7 Å². The van der Waals surface area contributed by atoms with Crippen molar-refractivity contribution in [3.63, 3.8) is 0 Å². The molecule has 1 saturated carbocycles. The van der Waals surface area contributed by atoms with Gasteiger partial charge in [-0.25, -0.2) is 21.7 Å². The van der Waals surface area contributed by atoms with Gasteiger partial charge in [0.05, 0.1) is 34.2 Å². The van der Waals surface area contributed by atoms with Gasteiger partial charge in [-0.1, -0.05) is 6.07 Å². The highest BCUT2D eigenvalue weighted by Gasteiger charge is 2.44. The number of amides is 1. The lowest BCUT2D eigenvalue weighted by Gasteiger charge is -2.35. The van der Waals surface area contributed by atoms with E-state index in [-0.39, 0.29) is 5.91 Å². The average Bonchev–Trinajstić information content (AvgIpc) is 3.56. The van der Waals surface area contributed by atoms with E-state index in [4.69, 9.17) is 9.89 Å². The number of benzene rings is 2. The number of anilines is 3. The Kier molecular flexibility index (Phi) is 6.94. The molecule has 200 valence electrons. The Morgan fingerprint density at radius 3 is 2.32 bits per heavy atom. The zero-order valence-corrected chi connectivity index (χ0v) is 22.2. The molecule has 1 atom stereocenters. The Hall–Kier alpha value is -2.67. The van der Waals surface area contributed by atoms with Gasteiger partial charge in [-0.3, -0.25) is 9.52 Å². The molecule has 3 aliphatic rings. The number of hydrogen-bond acceptors (Lipinski definition) is 7. The third kappa shape index (κ3) is 5.62. The molecule has 0 aromatic heterocycles. The second-order valence-electron chi connectivity index (χ2n) is 10.2. The monoisotopic (exact) mass is 547 g/mol. The van der Waals surface area contributed by atoms with Gasteiger partial charge in [0, 0.05) is 31.9 Å². The van der Waals surface area contributed by atoms with Crippen LogP contribution in [0.3, 0.4) is 0 Å². The molecule has 1 unspecified atom stereocenters. The van der Waals surface area contributed by atoms with Crippen LogP contribution >= 0.6 is 0 Å². The lowest BCUT2D eigenvalue weighted by Crippen LogP contribution is -2.41. The van der Waals surface area contributed by atoms with Crippen molar-refractivity contribution in [2.24, 2.45) is 5.41 Å². The number of rotatable bonds is 9. The first kappa shape index (κ1) is 26.0. The quantitative estimate of drug-likeness (QED) is 0.380. The maximum atomic E-state index is 13.4. The summed E-state index contributed by atoms with van der Waals surface area (Å²) in [6.07, 6.45) is 5.46. The van der Waals surface area contributed by atoms with Gasteiger partial charge in [0.2, 0.25) is 10.0 Å². The van der Waals surface area contributed by atoms with Crippen LogP contribution in [0.2, 0.25) is 0 Å². The van der Waals surface area contributed by atoms with Crippen molar-refractivity contribution >= 4 is 42.9 Å². The summed E-state index contributed by atoms with van der Waals surface area (Å²) in [5, 5.41) is 11.9. The van der Waals surface area contributed by atoms with Gasteiger partial charge in [-0.2, -0.15) is 0 Å². The number of hydrogen-bond donors (Lipinski definition) is 4. The molecular weight excluding hydrogens is 514 g/mol. The summed E-state index contributed by atoms with van der Waals surface area (Å²) in [6, 6.07) is 11.4. The fourth-order valence-electron chi connectivity index (χ4n) is 4.94. The highest BCUT2D eigenvalue weighted by Crippen LogP contribution is 2.54. The van der Waals surface area contributed by atoms with Gasteiger partial charge in [0.15, 0.2) is 0 Å². The normalized spacial score (nSPS) is 20.6. The van der Waals surface area contributed by atoms with Crippen molar-refractivity contribution in [1.29, 1.82) is 4.78 Å². The van der Waals surface area contributed by atoms with E-state index in [2.05, 4.69) is 14.9 Å². The summed E-state index contributed by atoms with van der Waals surface area (Å²) < 4.78 is 49.9. The van der Waals surface area contributed by atoms with Crippen LogP contribution in [-0.4, -0.2) is 66.5 Å². The highest BCUT2D eigenvalue weighted by molar-refractivity contribution is 7.92. The van der Waals surface area contributed by atoms with E-state index >= 15 is 0 Å². The standard InChI is InChI=1S/C25H33N5O5S2/c26-37(35,30-11-2-12-30)21-4-1-3-19(17-21)27-24(32)22-6-5-20(28-36(33,34)16-15-31)18-23(22)29-13-9-25(7-8-25)10-14-29/h1,3-6,17-18,26,28,31H,2,7-16H2,(H,27,32). The lowest BCUT2D eigenvalue weighted by molar-refractivity contribution is 0.102. The van der Waals surface area contributed by atoms with Crippen LogP contribution in [-0.2, 0) is 19.9 Å². The summed E-state index contributed by atoms with van der Waals surface area (Å²) in [5.74, 6) is -0.784. The van der Waals surface area contributed by atoms with E-state index in [0.29, 0.717) is 46.0 Å². The molecule has 2 aromatic carbocycles. The average molecular weight is 548 g/mol. The Labute approximate surface area is 218 Å². The maximum absolute atomic E-state index is 13.4. The maximum Gasteiger partial charge on any atom is 0.257 e. The summed E-state index contributed by atoms with van der Waals surface area (Å²) in [7, 11) is -6.81. The van der Waals surface area contributed by atoms with E-state index in [9.17, 15) is 17.4 Å². The highest BCUT2D eigenvalue weighted by atomic mass is 32.2. The molecule has 2 saturated heterocycles. The molecule has 10 nitrogen and oxygen atoms in total. The number of nitrogens with one attached hydrogen (secondary N) is 3. The minimum absolute atomic E-state index is 0.331. The molecule has 2 heterocycles. The number of aliphatic hydroxyl groups is 1. The molecule has 1 spiro atoms. The van der Waals surface area contributed by atoms with Crippen LogP contribution in [0.15, 0.2) is 47.4 Å². The van der Waals surface area contributed by atoms with Crippen LogP contribution in [0.4, 0.5) is 17.1 Å². The zero-order valence-electron chi connectivity index (χ0n) is 20.6. The predicted octanol–water partition coefficient (Wildman–Crippen LogP) is 3.08. The van der Waals surface area contributed by atoms with Crippen LogP contribution in [0.25, 0.3) is 0 Å². The van der Waals surface area contributed by atoms with E-state index in [1.807, 2.05) is 0 Å². The van der Waals surface area contributed by atoms with Gasteiger partial charge in [0.25, 0.3) is 5.91 Å². The van der Waals surface area contributed by atoms with Gasteiger partial charge >= 0.3 is 0 Å². The second-order valence-corrected chi connectivity index (χ2v) is 14.0. The Morgan fingerprint density at radius 1 is 0.973 bits per heavy atom. The molecule has 5 rings (SSSR count). The molecule has 2 aromatic rings. The Morgan fingerprint density at radius 2 is 1.70 bits per heavy atom. The first-order valence-corrected chi connectivity index (χ1v) is 15.7. The smallest absolute Gasteiger partial charge is 0.257 e. The van der Waals surface area contributed by atoms with Gasteiger partial charge < -0.3 is 15.3 Å². The van der Waals surface area contributed by atoms with Crippen molar-refractivity contribution in [1.82, 2.24) is 4.31 Å². The van der Waals surface area contributed by atoms with Crippen LogP contribution in [0.1, 0.15) is 42.5 Å². The number of carbonyl (C=O) groups is 1. The van der Waals surface area contributed by atoms with Crippen molar-refractivity contribution in [2.45, 2.75) is 37.0 Å². The van der Waals surface area contributed by atoms with Crippen LogP contribution in [0, 0.1) is 10.2 Å². The SMILES string of the molecule is N=S(=O)(c1cccc(NC(=O)c2ccc(NS(=O)(=O)CCO)cc2N2CCC3(CC2)CC3)c1)N1CCC1. The largest absolute Gasteiger partial charge is 0.395 e. The molecule has 4 N–H and O–H groups in total. The first-order valence-electron chi connectivity index (χ1n) is 12.6. The van der Waals surface area contributed by atoms with Crippen molar-refractivity contribution in [3.05, 3.63) is 48.0 Å². The number of nitrogens with zero attached hydrogens (tertiary/aromatic N) is 2. The van der Waals surface area contributed by atoms with E-state index < -0.39 is 32.3 Å². The number of aliphatic hydroxyl groups excluding tert-OH is 1. The molecule has 37 heavy (non-hydrogen) atoms. The van der Waals surface area contributed by atoms with Gasteiger partial charge in [-0.15, -0.1) is 0 Å². The minimum Gasteiger partial charge on any atom is -0.395 e. The third-order valence-corrected chi connectivity index (χ3v) is 10.8. The lowest BCUT2D eigenvalue weighted by atomic mass is 9.93. The topological polar surface area (TPSA) is 143 Å². The van der Waals surface area contributed by atoms with Crippen LogP contribution in [0.5, 0.6) is 0 Å². The molecule has 12 heteroatoms. The van der Waals surface area contributed by atoms with Crippen molar-refractivity contribution in [2.75, 3.05) is 53.5 Å². The van der Waals surface area contributed by atoms with E-state index in [1.165, 1.54) is 18.9 Å². The summed E-state index contributed by atoms with van der Waals surface area (Å²) >= 11 is 0. The van der Waals surface area contributed by atoms with E-state index in [0.717, 1.165) is 32.4 Å². The van der Waals surface area contributed by atoms with Gasteiger partial charge in [0.1, 0.15) is 9.92 Å². The summed E-state index contributed by atoms with van der Waals surface area (Å²) in [5.41, 5.74) is 2.24. The summed E-state index contributed by atoms with van der Waals surface area (Å²) in [4.78, 5) is 15.9. The second kappa shape index (κ2) is 9.90. The predicted molar refractivity (Wildman–Crippen MR) is 144 cm³/mol. The fourth-order valence-corrected chi connectivity index (χ4v) is 7.38. The molecule has 0 bridgehead atoms. The number of piperidine rings is 1. The number of sulfonamides is 1. The third-order valence-electron chi connectivity index (χ3n) is 7.59. The van der Waals surface area contributed by atoms with Gasteiger partial charge in [-0.05, 0) is 73.9 Å². The number of carbonyl (C=O) groups excluding carboxylic acids is 1. The molecule has 0 radical (unpaired) electrons. The Balaban J connectivity index is 1.41. The molecule has 1 aliphatic carbocycles. The first-order chi connectivity index (χ1) is 17.6.